The number of nitrogens with one attached hydrogen (secondary N) is 1. The summed E-state index contributed by atoms with van der Waals surface area (Å²) in [5.41, 5.74) is 0.0925. The molecule has 1 fully saturated rings. The highest BCUT2D eigenvalue weighted by Crippen LogP contribution is 2.41. The second kappa shape index (κ2) is 12.0. The fraction of sp³-hybridized carbons (Fsp3) is 0.739. The van der Waals surface area contributed by atoms with E-state index in [1.54, 1.807) is 0 Å². The third-order valence-corrected chi connectivity index (χ3v) is 15.3. The van der Waals surface area contributed by atoms with E-state index in [2.05, 4.69) is 65.7 Å². The van der Waals surface area contributed by atoms with Gasteiger partial charge in [-0.3, -0.25) is 14.2 Å². The molecule has 3 unspecified atom stereocenters. The summed E-state index contributed by atoms with van der Waals surface area (Å²) in [6.45, 7) is 17.7. The van der Waals surface area contributed by atoms with Gasteiger partial charge in [0.2, 0.25) is 17.9 Å². The minimum Gasteiger partial charge on any atom is -0.437 e. The fourth-order valence-electron chi connectivity index (χ4n) is 4.64. The van der Waals surface area contributed by atoms with Crippen LogP contribution < -0.4 is 11.0 Å². The number of ether oxygens (including phenoxy) is 1. The van der Waals surface area contributed by atoms with Crippen molar-refractivity contribution in [3.05, 3.63) is 22.7 Å². The van der Waals surface area contributed by atoms with Crippen LogP contribution in [0.1, 0.15) is 68.5 Å². The highest BCUT2D eigenvalue weighted by molar-refractivity contribution is 6.78. The molecule has 0 bridgehead atoms. The number of amides is 1. The van der Waals surface area contributed by atoms with Crippen molar-refractivity contribution in [3.63, 3.8) is 0 Å². The number of anilines is 1. The van der Waals surface area contributed by atoms with Gasteiger partial charge in [-0.25, -0.2) is 4.79 Å². The van der Waals surface area contributed by atoms with Crippen LogP contribution >= 0.6 is 0 Å². The number of carbonyl (C=O) groups is 2. The normalized spacial score (nSPS) is 21.2. The van der Waals surface area contributed by atoms with Gasteiger partial charge < -0.3 is 23.7 Å². The van der Waals surface area contributed by atoms with Crippen molar-refractivity contribution in [2.45, 2.75) is 103 Å². The molecule has 0 saturated carbocycles. The summed E-state index contributed by atoms with van der Waals surface area (Å²) in [6.07, 6.45) is -1.97. The maximum absolute atomic E-state index is 13.5. The number of aliphatic hydroxyl groups is 1. The van der Waals surface area contributed by atoms with Crippen LogP contribution in [0.15, 0.2) is 17.1 Å². The number of aliphatic hydroxyl groups excluding tert-OH is 1. The van der Waals surface area contributed by atoms with Crippen molar-refractivity contribution in [3.8, 4) is 0 Å². The molecular formula is C23H41N3O7Si2. The predicted octanol–water partition coefficient (Wildman–Crippen LogP) is 2.87. The van der Waals surface area contributed by atoms with E-state index in [1.165, 1.54) is 19.2 Å². The van der Waals surface area contributed by atoms with E-state index in [-0.39, 0.29) is 22.8 Å². The standard InChI is InChI=1S/C23H41N3O7Si2/c1-13(2)34(14(3)4)33-35(15(5)6,16(7)8)32-21-18(12-27)31-22(20(21)29)26-11-10-19(24-17(9)28)25-23(26)30/h10-11,13-16,18,21-22,27,34H,12H2,1-9H3,(H,24,25,28,30). The Morgan fingerprint density at radius 3 is 2.17 bits per heavy atom. The van der Waals surface area contributed by atoms with Crippen LogP contribution in [0.4, 0.5) is 5.82 Å². The van der Waals surface area contributed by atoms with Gasteiger partial charge in [0, 0.05) is 13.1 Å². The zero-order chi connectivity index (χ0) is 26.7. The Morgan fingerprint density at radius 2 is 1.74 bits per heavy atom. The second-order valence-corrected chi connectivity index (χ2v) is 19.0. The molecule has 1 amide bonds. The van der Waals surface area contributed by atoms with E-state index >= 15 is 0 Å². The van der Waals surface area contributed by atoms with Crippen molar-refractivity contribution in [1.82, 2.24) is 9.55 Å². The molecule has 1 aromatic heterocycles. The maximum atomic E-state index is 13.5. The lowest BCUT2D eigenvalue weighted by Crippen LogP contribution is -2.57. The molecule has 10 nitrogen and oxygen atoms in total. The summed E-state index contributed by atoms with van der Waals surface area (Å²) in [5.74, 6) is -0.757. The lowest BCUT2D eigenvalue weighted by Gasteiger charge is -2.44. The molecule has 1 aliphatic heterocycles. The predicted molar refractivity (Wildman–Crippen MR) is 138 cm³/mol. The van der Waals surface area contributed by atoms with E-state index in [0.717, 1.165) is 4.57 Å². The van der Waals surface area contributed by atoms with Gasteiger partial charge >= 0.3 is 14.3 Å². The molecule has 1 aliphatic rings. The number of Topliss-reactive ketones (excluding diaryl/α,β-unsaturated/α-hetero) is 1. The molecule has 0 spiro atoms. The van der Waals surface area contributed by atoms with Gasteiger partial charge in [0.15, 0.2) is 9.04 Å². The molecule has 0 radical (unpaired) electrons. The first-order valence-electron chi connectivity index (χ1n) is 12.3. The molecule has 0 aliphatic carbocycles. The molecule has 12 heteroatoms. The van der Waals surface area contributed by atoms with Crippen LogP contribution in [0.5, 0.6) is 0 Å². The molecular weight excluding hydrogens is 486 g/mol. The first-order chi connectivity index (χ1) is 16.2. The van der Waals surface area contributed by atoms with E-state index in [0.29, 0.717) is 11.1 Å². The summed E-state index contributed by atoms with van der Waals surface area (Å²) in [6, 6.07) is 1.41. The Kier molecular flexibility index (Phi) is 10.1. The lowest BCUT2D eigenvalue weighted by molar-refractivity contribution is -0.130. The highest BCUT2D eigenvalue weighted by atomic mass is 28.4. The number of ketones is 1. The molecule has 35 heavy (non-hydrogen) atoms. The van der Waals surface area contributed by atoms with Gasteiger partial charge in [-0.2, -0.15) is 4.98 Å². The minimum absolute atomic E-state index is 0.0440. The lowest BCUT2D eigenvalue weighted by atomic mass is 10.1. The summed E-state index contributed by atoms with van der Waals surface area (Å²) >= 11 is 0. The van der Waals surface area contributed by atoms with Crippen molar-refractivity contribution < 1.29 is 28.0 Å². The number of nitrogens with zero attached hydrogens (tertiary/aromatic N) is 2. The van der Waals surface area contributed by atoms with Gasteiger partial charge in [-0.1, -0.05) is 55.4 Å². The van der Waals surface area contributed by atoms with E-state index < -0.39 is 54.1 Å². The summed E-state index contributed by atoms with van der Waals surface area (Å²) in [4.78, 5) is 41.2. The summed E-state index contributed by atoms with van der Waals surface area (Å²) < 4.78 is 20.5. The number of aromatic nitrogens is 2. The Bertz CT molecular complexity index is 935. The summed E-state index contributed by atoms with van der Waals surface area (Å²) in [5, 5.41) is 12.5. The molecule has 3 atom stereocenters. The van der Waals surface area contributed by atoms with E-state index in [1.807, 2.05) is 0 Å². The zero-order valence-electron chi connectivity index (χ0n) is 22.3. The Morgan fingerprint density at radius 1 is 1.17 bits per heavy atom. The highest BCUT2D eigenvalue weighted by Gasteiger charge is 2.55. The van der Waals surface area contributed by atoms with Gasteiger partial charge in [-0.15, -0.1) is 0 Å². The van der Waals surface area contributed by atoms with Crippen LogP contribution in [0.3, 0.4) is 0 Å². The van der Waals surface area contributed by atoms with Crippen molar-refractivity contribution in [1.29, 1.82) is 0 Å². The van der Waals surface area contributed by atoms with Crippen molar-refractivity contribution >= 4 is 35.1 Å². The molecule has 198 valence electrons. The van der Waals surface area contributed by atoms with E-state index in [9.17, 15) is 19.5 Å². The first-order valence-corrected chi connectivity index (χ1v) is 16.0. The van der Waals surface area contributed by atoms with Gasteiger partial charge in [0.05, 0.1) is 6.61 Å². The maximum Gasteiger partial charge on any atom is 0.352 e. The third kappa shape index (κ3) is 6.54. The van der Waals surface area contributed by atoms with Crippen molar-refractivity contribution in [2.24, 2.45) is 0 Å². The smallest absolute Gasteiger partial charge is 0.352 e. The molecule has 0 aromatic carbocycles. The molecule has 2 N–H and O–H groups in total. The average Bonchev–Trinajstić information content (AvgIpc) is 3.04. The van der Waals surface area contributed by atoms with Crippen LogP contribution in [0.2, 0.25) is 22.2 Å². The topological polar surface area (TPSA) is 129 Å². The molecule has 1 aromatic rings. The van der Waals surface area contributed by atoms with E-state index in [4.69, 9.17) is 13.3 Å². The second-order valence-electron chi connectivity index (χ2n) is 10.4. The van der Waals surface area contributed by atoms with Crippen molar-refractivity contribution in [2.75, 3.05) is 11.9 Å². The number of rotatable bonds is 11. The molecule has 2 rings (SSSR count). The largest absolute Gasteiger partial charge is 0.437 e. The average molecular weight is 528 g/mol. The van der Waals surface area contributed by atoms with Crippen LogP contribution in [-0.2, 0) is 22.9 Å². The third-order valence-electron chi connectivity index (χ3n) is 6.29. The molecule has 2 heterocycles. The first kappa shape index (κ1) is 29.5. The fourth-order valence-corrected chi connectivity index (χ4v) is 15.0. The van der Waals surface area contributed by atoms with Gasteiger partial charge in [0.25, 0.3) is 0 Å². The Hall–Kier alpha value is -1.71. The molecule has 1 saturated heterocycles. The Balaban J connectivity index is 2.43. The number of hydrogen-bond donors (Lipinski definition) is 2. The minimum atomic E-state index is -2.98. The van der Waals surface area contributed by atoms with Crippen LogP contribution in [-0.4, -0.2) is 62.8 Å². The quantitative estimate of drug-likeness (QED) is 0.420. The van der Waals surface area contributed by atoms with Crippen LogP contribution in [0.25, 0.3) is 0 Å². The SMILES string of the molecule is CC(=O)Nc1ccn(C2OC(CO)C(O[Si](O[SiH](C(C)C)C(C)C)(C(C)C)C(C)C)C2=O)c(=O)n1. The number of carbonyl (C=O) groups excluding carboxylic acids is 2. The van der Waals surface area contributed by atoms with Gasteiger partial charge in [0.1, 0.15) is 18.0 Å². The Labute approximate surface area is 210 Å². The monoisotopic (exact) mass is 527 g/mol. The zero-order valence-corrected chi connectivity index (χ0v) is 24.4. The van der Waals surface area contributed by atoms with Gasteiger partial charge in [-0.05, 0) is 28.2 Å². The summed E-state index contributed by atoms with van der Waals surface area (Å²) in [7, 11) is -4.68. The van der Waals surface area contributed by atoms with Crippen LogP contribution in [0, 0.1) is 0 Å². The number of hydrogen-bond acceptors (Lipinski definition) is 8.